The van der Waals surface area contributed by atoms with Crippen molar-refractivity contribution < 1.29 is 19.4 Å². The summed E-state index contributed by atoms with van der Waals surface area (Å²) in [5.74, 6) is 0.0483. The average Bonchev–Trinajstić information content (AvgIpc) is 2.59. The Morgan fingerprint density at radius 1 is 1.08 bits per heavy atom. The normalized spacial score (nSPS) is 15.4. The van der Waals surface area contributed by atoms with Gasteiger partial charge in [-0.1, -0.05) is 30.3 Å². The van der Waals surface area contributed by atoms with Crippen LogP contribution in [0.4, 0.5) is 0 Å². The maximum atomic E-state index is 12.2. The van der Waals surface area contributed by atoms with Crippen molar-refractivity contribution in [1.29, 1.82) is 0 Å². The lowest BCUT2D eigenvalue weighted by atomic mass is 9.94. The van der Waals surface area contributed by atoms with Crippen molar-refractivity contribution >= 4 is 22.6 Å². The molecule has 1 N–H and O–H groups in total. The molecule has 0 radical (unpaired) electrons. The molecule has 3 rings (SSSR count). The van der Waals surface area contributed by atoms with Crippen LogP contribution in [0.25, 0.3) is 10.8 Å². The molecule has 0 spiro atoms. The van der Waals surface area contributed by atoms with Gasteiger partial charge in [-0.3, -0.25) is 9.59 Å². The Bertz CT molecular complexity index is 735. The summed E-state index contributed by atoms with van der Waals surface area (Å²) in [6, 6.07) is 13.8. The second kappa shape index (κ2) is 7.34. The summed E-state index contributed by atoms with van der Waals surface area (Å²) in [5.41, 5.74) is 0. The molecule has 24 heavy (non-hydrogen) atoms. The molecule has 0 aliphatic carbocycles. The van der Waals surface area contributed by atoms with E-state index in [1.54, 1.807) is 4.90 Å². The van der Waals surface area contributed by atoms with E-state index in [-0.39, 0.29) is 24.9 Å². The number of nitrogens with zero attached hydrogens (tertiary/aromatic N) is 1. The van der Waals surface area contributed by atoms with Crippen LogP contribution < -0.4 is 4.74 Å². The summed E-state index contributed by atoms with van der Waals surface area (Å²) >= 11 is 0. The monoisotopic (exact) mass is 327 g/mol. The first-order valence-corrected chi connectivity index (χ1v) is 8.23. The summed E-state index contributed by atoms with van der Waals surface area (Å²) in [7, 11) is 0. The van der Waals surface area contributed by atoms with Gasteiger partial charge in [0.2, 0.25) is 0 Å². The van der Waals surface area contributed by atoms with E-state index in [1.807, 2.05) is 42.5 Å². The predicted octanol–water partition coefficient (Wildman–Crippen LogP) is 2.93. The van der Waals surface area contributed by atoms with Crippen LogP contribution in [-0.4, -0.2) is 41.6 Å². The fourth-order valence-corrected chi connectivity index (χ4v) is 3.13. The molecular formula is C19H21NO4. The summed E-state index contributed by atoms with van der Waals surface area (Å²) < 4.78 is 5.64. The average molecular weight is 327 g/mol. The van der Waals surface area contributed by atoms with E-state index in [4.69, 9.17) is 9.84 Å². The Hall–Kier alpha value is -2.56. The molecule has 1 aliphatic heterocycles. The number of rotatable bonds is 5. The van der Waals surface area contributed by atoms with E-state index in [1.165, 1.54) is 0 Å². The van der Waals surface area contributed by atoms with Crippen LogP contribution in [0.3, 0.4) is 0 Å². The maximum Gasteiger partial charge on any atom is 0.303 e. The zero-order chi connectivity index (χ0) is 16.9. The largest absolute Gasteiger partial charge is 0.484 e. The van der Waals surface area contributed by atoms with Gasteiger partial charge in [0.25, 0.3) is 5.91 Å². The van der Waals surface area contributed by atoms with E-state index in [0.29, 0.717) is 18.8 Å². The highest BCUT2D eigenvalue weighted by atomic mass is 16.5. The number of hydrogen-bond acceptors (Lipinski definition) is 3. The standard InChI is InChI=1S/C19H21NO4/c21-18(20-9-7-14(8-10-20)11-19(22)23)13-24-17-6-5-15-3-1-2-4-16(15)12-17/h1-6,12,14H,7-11,13H2,(H,22,23). The number of carbonyl (C=O) groups excluding carboxylic acids is 1. The number of likely N-dealkylation sites (tertiary alicyclic amines) is 1. The molecule has 0 saturated carbocycles. The number of benzene rings is 2. The van der Waals surface area contributed by atoms with Crippen molar-refractivity contribution in [3.8, 4) is 5.75 Å². The Morgan fingerprint density at radius 2 is 1.79 bits per heavy atom. The summed E-state index contributed by atoms with van der Waals surface area (Å²) in [4.78, 5) is 24.7. The predicted molar refractivity (Wildman–Crippen MR) is 91.0 cm³/mol. The van der Waals surface area contributed by atoms with Crippen molar-refractivity contribution in [2.45, 2.75) is 19.3 Å². The molecule has 5 heteroatoms. The highest BCUT2D eigenvalue weighted by Crippen LogP contribution is 2.22. The Balaban J connectivity index is 1.51. The van der Waals surface area contributed by atoms with Crippen LogP contribution in [0.5, 0.6) is 5.75 Å². The molecule has 0 bridgehead atoms. The van der Waals surface area contributed by atoms with Gasteiger partial charge in [-0.05, 0) is 41.7 Å². The topological polar surface area (TPSA) is 66.8 Å². The van der Waals surface area contributed by atoms with Gasteiger partial charge in [0.05, 0.1) is 0 Å². The molecule has 5 nitrogen and oxygen atoms in total. The van der Waals surface area contributed by atoms with Gasteiger partial charge in [0, 0.05) is 19.5 Å². The van der Waals surface area contributed by atoms with Crippen molar-refractivity contribution in [3.63, 3.8) is 0 Å². The SMILES string of the molecule is O=C(O)CC1CCN(C(=O)COc2ccc3ccccc3c2)CC1. The van der Waals surface area contributed by atoms with Crippen molar-refractivity contribution in [2.24, 2.45) is 5.92 Å². The minimum atomic E-state index is -0.764. The number of piperidine rings is 1. The first-order chi connectivity index (χ1) is 11.6. The second-order valence-electron chi connectivity index (χ2n) is 6.22. The molecule has 0 unspecified atom stereocenters. The highest BCUT2D eigenvalue weighted by Gasteiger charge is 2.24. The molecule has 1 amide bonds. The molecule has 1 fully saturated rings. The molecular weight excluding hydrogens is 306 g/mol. The summed E-state index contributed by atoms with van der Waals surface area (Å²) in [5, 5.41) is 11.0. The van der Waals surface area contributed by atoms with Gasteiger partial charge in [0.1, 0.15) is 5.75 Å². The second-order valence-corrected chi connectivity index (χ2v) is 6.22. The Morgan fingerprint density at radius 3 is 2.50 bits per heavy atom. The van der Waals surface area contributed by atoms with Gasteiger partial charge in [0.15, 0.2) is 6.61 Å². The minimum Gasteiger partial charge on any atom is -0.484 e. The summed E-state index contributed by atoms with van der Waals surface area (Å²) in [6.45, 7) is 1.23. The quantitative estimate of drug-likeness (QED) is 0.917. The molecule has 0 atom stereocenters. The van der Waals surface area contributed by atoms with Gasteiger partial charge >= 0.3 is 5.97 Å². The number of fused-ring (bicyclic) bond motifs is 1. The number of amides is 1. The van der Waals surface area contributed by atoms with Crippen molar-refractivity contribution in [2.75, 3.05) is 19.7 Å². The third-order valence-electron chi connectivity index (χ3n) is 4.51. The molecule has 2 aromatic carbocycles. The third kappa shape index (κ3) is 4.04. The Kier molecular flexibility index (Phi) is 4.99. The number of carboxylic acid groups (broad SMARTS) is 1. The highest BCUT2D eigenvalue weighted by molar-refractivity contribution is 5.84. The van der Waals surface area contributed by atoms with E-state index >= 15 is 0 Å². The fourth-order valence-electron chi connectivity index (χ4n) is 3.13. The van der Waals surface area contributed by atoms with Crippen LogP contribution in [0.15, 0.2) is 42.5 Å². The van der Waals surface area contributed by atoms with Crippen LogP contribution in [0.2, 0.25) is 0 Å². The third-order valence-corrected chi connectivity index (χ3v) is 4.51. The van der Waals surface area contributed by atoms with E-state index < -0.39 is 5.97 Å². The lowest BCUT2D eigenvalue weighted by molar-refractivity contribution is -0.139. The zero-order valence-electron chi connectivity index (χ0n) is 13.5. The van der Waals surface area contributed by atoms with Gasteiger partial charge < -0.3 is 14.7 Å². The molecule has 126 valence electrons. The number of hydrogen-bond donors (Lipinski definition) is 1. The van der Waals surface area contributed by atoms with Gasteiger partial charge in [-0.15, -0.1) is 0 Å². The van der Waals surface area contributed by atoms with Gasteiger partial charge in [-0.2, -0.15) is 0 Å². The zero-order valence-corrected chi connectivity index (χ0v) is 13.5. The van der Waals surface area contributed by atoms with E-state index in [2.05, 4.69) is 0 Å². The molecule has 2 aromatic rings. The molecule has 0 aromatic heterocycles. The smallest absolute Gasteiger partial charge is 0.303 e. The maximum absolute atomic E-state index is 12.2. The molecule has 1 saturated heterocycles. The van der Waals surface area contributed by atoms with E-state index in [9.17, 15) is 9.59 Å². The minimum absolute atomic E-state index is 0.0158. The lowest BCUT2D eigenvalue weighted by Gasteiger charge is -2.31. The van der Waals surface area contributed by atoms with Gasteiger partial charge in [-0.25, -0.2) is 0 Å². The number of carbonyl (C=O) groups is 2. The first-order valence-electron chi connectivity index (χ1n) is 8.23. The summed E-state index contributed by atoms with van der Waals surface area (Å²) in [6.07, 6.45) is 1.68. The fraction of sp³-hybridized carbons (Fsp3) is 0.368. The molecule has 1 aliphatic rings. The number of ether oxygens (including phenoxy) is 1. The van der Waals surface area contributed by atoms with Crippen LogP contribution in [0.1, 0.15) is 19.3 Å². The lowest BCUT2D eigenvalue weighted by Crippen LogP contribution is -2.41. The number of aliphatic carboxylic acids is 1. The Labute approximate surface area is 140 Å². The van der Waals surface area contributed by atoms with Crippen molar-refractivity contribution in [3.05, 3.63) is 42.5 Å². The van der Waals surface area contributed by atoms with Crippen LogP contribution in [0, 0.1) is 5.92 Å². The van der Waals surface area contributed by atoms with Crippen molar-refractivity contribution in [1.82, 2.24) is 4.90 Å². The van der Waals surface area contributed by atoms with Crippen LogP contribution in [-0.2, 0) is 9.59 Å². The van der Waals surface area contributed by atoms with E-state index in [0.717, 1.165) is 23.6 Å². The number of carboxylic acids is 1. The first kappa shape index (κ1) is 16.3. The molecule has 1 heterocycles. The van der Waals surface area contributed by atoms with Crippen LogP contribution >= 0.6 is 0 Å².